The van der Waals surface area contributed by atoms with Crippen molar-refractivity contribution >= 4 is 29.9 Å². The Morgan fingerprint density at radius 1 is 1.30 bits per heavy atom. The zero-order valence-electron chi connectivity index (χ0n) is 16.5. The number of aromatic nitrogens is 2. The van der Waals surface area contributed by atoms with Gasteiger partial charge in [-0.2, -0.15) is 0 Å². The number of ether oxygens (including phenoxy) is 1. The molecule has 27 heavy (non-hydrogen) atoms. The summed E-state index contributed by atoms with van der Waals surface area (Å²) in [5.74, 6) is 2.47. The summed E-state index contributed by atoms with van der Waals surface area (Å²) in [4.78, 5) is 8.56. The zero-order valence-corrected chi connectivity index (χ0v) is 18.8. The van der Waals surface area contributed by atoms with Gasteiger partial charge in [-0.05, 0) is 18.4 Å². The Bertz CT molecular complexity index is 703. The summed E-state index contributed by atoms with van der Waals surface area (Å²) < 4.78 is 11.1. The summed E-state index contributed by atoms with van der Waals surface area (Å²) in [6, 6.07) is 5.87. The molecule has 0 radical (unpaired) electrons. The highest BCUT2D eigenvalue weighted by molar-refractivity contribution is 14.0. The Kier molecular flexibility index (Phi) is 10.8. The number of aliphatic imine (C=N–C) groups is 1. The lowest BCUT2D eigenvalue weighted by atomic mass is 10.1. The molecule has 0 amide bonds. The van der Waals surface area contributed by atoms with Crippen LogP contribution < -0.4 is 15.4 Å². The molecule has 8 heteroatoms. The maximum atomic E-state index is 5.76. The Morgan fingerprint density at radius 3 is 2.74 bits per heavy atom. The van der Waals surface area contributed by atoms with Gasteiger partial charge >= 0.3 is 0 Å². The van der Waals surface area contributed by atoms with Crippen molar-refractivity contribution in [2.45, 2.75) is 52.6 Å². The van der Waals surface area contributed by atoms with E-state index in [1.165, 1.54) is 0 Å². The average Bonchev–Trinajstić information content (AvgIpc) is 3.12. The number of pyridine rings is 1. The monoisotopic (exact) mass is 487 g/mol. The van der Waals surface area contributed by atoms with E-state index in [9.17, 15) is 0 Å². The molecule has 0 aliphatic rings. The molecule has 0 saturated carbocycles. The minimum Gasteiger partial charge on any atom is -0.477 e. The van der Waals surface area contributed by atoms with E-state index in [0.717, 1.165) is 29.9 Å². The Balaban J connectivity index is 0.00000364. The summed E-state index contributed by atoms with van der Waals surface area (Å²) in [5, 5.41) is 10.6. The summed E-state index contributed by atoms with van der Waals surface area (Å²) in [7, 11) is 1.73. The third kappa shape index (κ3) is 7.74. The fraction of sp³-hybridized carbons (Fsp3) is 0.526. The largest absolute Gasteiger partial charge is 0.477 e. The van der Waals surface area contributed by atoms with Crippen LogP contribution in [-0.2, 0) is 13.1 Å². The van der Waals surface area contributed by atoms with Crippen molar-refractivity contribution in [3.05, 3.63) is 41.4 Å². The number of nitrogens with one attached hydrogen (secondary N) is 2. The molecule has 0 aliphatic heterocycles. The average molecular weight is 487 g/mol. The number of unbranched alkanes of at least 4 members (excludes halogenated alkanes) is 1. The van der Waals surface area contributed by atoms with Gasteiger partial charge in [0.15, 0.2) is 11.7 Å². The SMILES string of the molecule is CCCCOc1ncccc1CNC(=NC)NCc1cc(C(C)C)no1.I. The van der Waals surface area contributed by atoms with Crippen molar-refractivity contribution in [1.82, 2.24) is 20.8 Å². The molecule has 2 N–H and O–H groups in total. The molecule has 0 aliphatic carbocycles. The van der Waals surface area contributed by atoms with Crippen LogP contribution in [0.3, 0.4) is 0 Å². The van der Waals surface area contributed by atoms with Gasteiger partial charge in [-0.15, -0.1) is 24.0 Å². The predicted molar refractivity (Wildman–Crippen MR) is 118 cm³/mol. The Hall–Kier alpha value is -1.84. The number of nitrogens with zero attached hydrogens (tertiary/aromatic N) is 3. The molecule has 0 saturated heterocycles. The minimum atomic E-state index is 0. The van der Waals surface area contributed by atoms with E-state index < -0.39 is 0 Å². The molecule has 2 aromatic heterocycles. The Morgan fingerprint density at radius 2 is 2.07 bits per heavy atom. The van der Waals surface area contributed by atoms with Crippen molar-refractivity contribution < 1.29 is 9.26 Å². The number of hydrogen-bond donors (Lipinski definition) is 2. The first-order valence-corrected chi connectivity index (χ1v) is 9.10. The van der Waals surface area contributed by atoms with E-state index in [4.69, 9.17) is 9.26 Å². The summed E-state index contributed by atoms with van der Waals surface area (Å²) in [5.41, 5.74) is 1.95. The summed E-state index contributed by atoms with van der Waals surface area (Å²) in [6.07, 6.45) is 3.85. The molecular weight excluding hydrogens is 457 g/mol. The first kappa shape index (κ1) is 23.2. The molecule has 0 bridgehead atoms. The van der Waals surface area contributed by atoms with Crippen LogP contribution in [0.15, 0.2) is 33.9 Å². The van der Waals surface area contributed by atoms with Crippen LogP contribution in [0, 0.1) is 0 Å². The maximum Gasteiger partial charge on any atom is 0.218 e. The standard InChI is InChI=1S/C19H29N5O2.HI/c1-5-6-10-25-18-15(8-7-9-21-18)12-22-19(20-4)23-13-16-11-17(14(2)3)24-26-16;/h7-9,11,14H,5-6,10,12-13H2,1-4H3,(H2,20,22,23);1H. The first-order chi connectivity index (χ1) is 12.6. The highest BCUT2D eigenvalue weighted by Gasteiger charge is 2.09. The first-order valence-electron chi connectivity index (χ1n) is 9.10. The molecule has 0 fully saturated rings. The van der Waals surface area contributed by atoms with E-state index >= 15 is 0 Å². The normalized spacial score (nSPS) is 11.2. The number of halogens is 1. The predicted octanol–water partition coefficient (Wildman–Crippen LogP) is 3.86. The third-order valence-electron chi connectivity index (χ3n) is 3.86. The van der Waals surface area contributed by atoms with Crippen LogP contribution in [0.25, 0.3) is 0 Å². The van der Waals surface area contributed by atoms with E-state index in [-0.39, 0.29) is 24.0 Å². The summed E-state index contributed by atoms with van der Waals surface area (Å²) in [6.45, 7) is 8.08. The molecule has 2 heterocycles. The number of hydrogen-bond acceptors (Lipinski definition) is 5. The fourth-order valence-corrected chi connectivity index (χ4v) is 2.26. The number of rotatable bonds is 9. The van der Waals surface area contributed by atoms with Crippen molar-refractivity contribution in [3.8, 4) is 5.88 Å². The smallest absolute Gasteiger partial charge is 0.218 e. The lowest BCUT2D eigenvalue weighted by molar-refractivity contribution is 0.294. The van der Waals surface area contributed by atoms with Crippen molar-refractivity contribution in [2.75, 3.05) is 13.7 Å². The molecule has 0 atom stereocenters. The quantitative estimate of drug-likeness (QED) is 0.242. The van der Waals surface area contributed by atoms with Gasteiger partial charge in [-0.25, -0.2) is 4.98 Å². The topological polar surface area (TPSA) is 84.6 Å². The molecular formula is C19H30IN5O2. The molecule has 0 unspecified atom stereocenters. The van der Waals surface area contributed by atoms with Gasteiger partial charge in [0, 0.05) is 31.4 Å². The second kappa shape index (κ2) is 12.5. The van der Waals surface area contributed by atoms with Gasteiger partial charge in [0.05, 0.1) is 18.8 Å². The third-order valence-corrected chi connectivity index (χ3v) is 3.86. The molecule has 0 aromatic carbocycles. The van der Waals surface area contributed by atoms with Crippen LogP contribution in [0.5, 0.6) is 5.88 Å². The van der Waals surface area contributed by atoms with Gasteiger partial charge in [-0.1, -0.05) is 38.4 Å². The second-order valence-corrected chi connectivity index (χ2v) is 6.32. The van der Waals surface area contributed by atoms with Gasteiger partial charge < -0.3 is 19.9 Å². The van der Waals surface area contributed by atoms with E-state index in [0.29, 0.717) is 37.5 Å². The van der Waals surface area contributed by atoms with E-state index in [2.05, 4.69) is 46.5 Å². The van der Waals surface area contributed by atoms with Crippen LogP contribution in [-0.4, -0.2) is 29.8 Å². The minimum absolute atomic E-state index is 0. The zero-order chi connectivity index (χ0) is 18.8. The van der Waals surface area contributed by atoms with Crippen molar-refractivity contribution in [3.63, 3.8) is 0 Å². The summed E-state index contributed by atoms with van der Waals surface area (Å²) >= 11 is 0. The van der Waals surface area contributed by atoms with Gasteiger partial charge in [0.1, 0.15) is 0 Å². The Labute approximate surface area is 178 Å². The van der Waals surface area contributed by atoms with E-state index in [1.807, 2.05) is 18.2 Å². The van der Waals surface area contributed by atoms with Crippen molar-refractivity contribution in [2.24, 2.45) is 4.99 Å². The van der Waals surface area contributed by atoms with Crippen LogP contribution in [0.4, 0.5) is 0 Å². The maximum absolute atomic E-state index is 5.76. The number of guanidine groups is 1. The molecule has 150 valence electrons. The molecule has 0 spiro atoms. The lowest BCUT2D eigenvalue weighted by Crippen LogP contribution is -2.36. The highest BCUT2D eigenvalue weighted by Crippen LogP contribution is 2.15. The second-order valence-electron chi connectivity index (χ2n) is 6.32. The van der Waals surface area contributed by atoms with E-state index in [1.54, 1.807) is 13.2 Å². The fourth-order valence-electron chi connectivity index (χ4n) is 2.26. The molecule has 7 nitrogen and oxygen atoms in total. The van der Waals surface area contributed by atoms with Crippen LogP contribution in [0.1, 0.15) is 56.5 Å². The highest BCUT2D eigenvalue weighted by atomic mass is 127. The van der Waals surface area contributed by atoms with Crippen LogP contribution >= 0.6 is 24.0 Å². The molecule has 2 rings (SSSR count). The van der Waals surface area contributed by atoms with Gasteiger partial charge in [0.25, 0.3) is 0 Å². The van der Waals surface area contributed by atoms with Crippen LogP contribution in [0.2, 0.25) is 0 Å². The molecule has 2 aromatic rings. The lowest BCUT2D eigenvalue weighted by Gasteiger charge is -2.13. The van der Waals surface area contributed by atoms with Gasteiger partial charge in [-0.3, -0.25) is 4.99 Å². The van der Waals surface area contributed by atoms with Gasteiger partial charge in [0.2, 0.25) is 5.88 Å². The van der Waals surface area contributed by atoms with Crippen molar-refractivity contribution in [1.29, 1.82) is 0 Å².